The van der Waals surface area contributed by atoms with E-state index >= 15 is 0 Å². The van der Waals surface area contributed by atoms with Crippen LogP contribution in [0.1, 0.15) is 65.8 Å². The Morgan fingerprint density at radius 1 is 1.04 bits per heavy atom. The fourth-order valence-electron chi connectivity index (χ4n) is 3.33. The average Bonchev–Trinajstić information content (AvgIpc) is 2.89. The summed E-state index contributed by atoms with van der Waals surface area (Å²) >= 11 is 0. The Morgan fingerprint density at radius 2 is 1.73 bits per heavy atom. The first kappa shape index (κ1) is 18.4. The zero-order valence-electron chi connectivity index (χ0n) is 15.7. The van der Waals surface area contributed by atoms with Gasteiger partial charge < -0.3 is 10.6 Å². The molecule has 5 heteroatoms. The number of carbonyl (C=O) groups excluding carboxylic acids is 1. The van der Waals surface area contributed by atoms with Gasteiger partial charge >= 0.3 is 0 Å². The molecule has 0 saturated heterocycles. The minimum Gasteiger partial charge on any atom is -0.351 e. The van der Waals surface area contributed by atoms with E-state index in [4.69, 9.17) is 0 Å². The summed E-state index contributed by atoms with van der Waals surface area (Å²) < 4.78 is 0. The van der Waals surface area contributed by atoms with E-state index in [1.165, 1.54) is 31.2 Å². The molecule has 0 bridgehead atoms. The van der Waals surface area contributed by atoms with Crippen molar-refractivity contribution in [2.45, 2.75) is 65.0 Å². The van der Waals surface area contributed by atoms with E-state index in [-0.39, 0.29) is 5.91 Å². The summed E-state index contributed by atoms with van der Waals surface area (Å²) in [6.07, 6.45) is 7.39. The van der Waals surface area contributed by atoms with E-state index in [9.17, 15) is 4.79 Å². The predicted octanol–water partition coefficient (Wildman–Crippen LogP) is 4.16. The van der Waals surface area contributed by atoms with E-state index in [0.29, 0.717) is 24.2 Å². The third-order valence-electron chi connectivity index (χ3n) is 4.85. The fraction of sp³-hybridized carbons (Fsp3) is 0.476. The van der Waals surface area contributed by atoms with Gasteiger partial charge in [0.1, 0.15) is 5.69 Å². The van der Waals surface area contributed by atoms with Crippen LogP contribution in [0.2, 0.25) is 0 Å². The first-order valence-electron chi connectivity index (χ1n) is 9.56. The third kappa shape index (κ3) is 5.28. The maximum Gasteiger partial charge on any atom is 0.270 e. The van der Waals surface area contributed by atoms with Crippen molar-refractivity contribution >= 4 is 11.9 Å². The van der Waals surface area contributed by atoms with Crippen LogP contribution in [0.15, 0.2) is 30.3 Å². The lowest BCUT2D eigenvalue weighted by Gasteiger charge is -2.17. The summed E-state index contributed by atoms with van der Waals surface area (Å²) in [5.41, 5.74) is 3.50. The Labute approximate surface area is 155 Å². The molecular formula is C21H28N4O. The minimum absolute atomic E-state index is 0.167. The fourth-order valence-corrected chi connectivity index (χ4v) is 3.33. The monoisotopic (exact) mass is 352 g/mol. The molecule has 1 fully saturated rings. The Kier molecular flexibility index (Phi) is 6.21. The van der Waals surface area contributed by atoms with Crippen LogP contribution in [0.3, 0.4) is 0 Å². The lowest BCUT2D eigenvalue weighted by molar-refractivity contribution is 0.0945. The lowest BCUT2D eigenvalue weighted by atomic mass is 10.1. The molecule has 0 aliphatic heterocycles. The number of anilines is 1. The number of benzene rings is 1. The molecule has 0 spiro atoms. The second kappa shape index (κ2) is 8.79. The molecule has 2 N–H and O–H groups in total. The van der Waals surface area contributed by atoms with E-state index < -0.39 is 0 Å². The van der Waals surface area contributed by atoms with Crippen molar-refractivity contribution in [1.29, 1.82) is 0 Å². The van der Waals surface area contributed by atoms with Crippen molar-refractivity contribution < 1.29 is 4.79 Å². The van der Waals surface area contributed by atoms with Gasteiger partial charge in [-0.3, -0.25) is 4.79 Å². The molecule has 1 saturated carbocycles. The van der Waals surface area contributed by atoms with Crippen molar-refractivity contribution in [2.75, 3.05) is 5.32 Å². The molecule has 0 radical (unpaired) electrons. The molecular weight excluding hydrogens is 324 g/mol. The summed E-state index contributed by atoms with van der Waals surface area (Å²) in [6, 6.07) is 10.3. The van der Waals surface area contributed by atoms with E-state index in [2.05, 4.69) is 27.5 Å². The molecule has 0 atom stereocenters. The molecule has 1 aromatic heterocycles. The highest BCUT2D eigenvalue weighted by Gasteiger charge is 2.15. The molecule has 0 unspecified atom stereocenters. The van der Waals surface area contributed by atoms with Crippen LogP contribution in [0.5, 0.6) is 0 Å². The SMILES string of the molecule is Cc1ccc(CNC(=O)c2cc(C)nc(NC3CCCCCC3)n2)cc1. The first-order valence-corrected chi connectivity index (χ1v) is 9.56. The smallest absolute Gasteiger partial charge is 0.270 e. The Hall–Kier alpha value is -2.43. The van der Waals surface area contributed by atoms with Crippen molar-refractivity contribution in [3.8, 4) is 0 Å². The van der Waals surface area contributed by atoms with Gasteiger partial charge in [0.25, 0.3) is 5.91 Å². The maximum absolute atomic E-state index is 12.5. The van der Waals surface area contributed by atoms with Crippen LogP contribution in [-0.2, 0) is 6.54 Å². The molecule has 5 nitrogen and oxygen atoms in total. The second-order valence-electron chi connectivity index (χ2n) is 7.22. The molecule has 3 rings (SSSR count). The quantitative estimate of drug-likeness (QED) is 0.793. The van der Waals surface area contributed by atoms with Gasteiger partial charge in [-0.15, -0.1) is 0 Å². The molecule has 2 aromatic rings. The van der Waals surface area contributed by atoms with Gasteiger partial charge in [-0.2, -0.15) is 0 Å². The highest BCUT2D eigenvalue weighted by molar-refractivity contribution is 5.92. The maximum atomic E-state index is 12.5. The number of aryl methyl sites for hydroxylation is 2. The van der Waals surface area contributed by atoms with Crippen LogP contribution in [0, 0.1) is 13.8 Å². The Bertz CT molecular complexity index is 734. The molecule has 1 heterocycles. The number of carbonyl (C=O) groups is 1. The number of nitrogens with one attached hydrogen (secondary N) is 2. The topological polar surface area (TPSA) is 66.9 Å². The highest BCUT2D eigenvalue weighted by Crippen LogP contribution is 2.20. The van der Waals surface area contributed by atoms with Crippen LogP contribution < -0.4 is 10.6 Å². The van der Waals surface area contributed by atoms with Gasteiger partial charge in [0.15, 0.2) is 0 Å². The zero-order chi connectivity index (χ0) is 18.4. The second-order valence-corrected chi connectivity index (χ2v) is 7.22. The molecule has 1 aliphatic carbocycles. The van der Waals surface area contributed by atoms with E-state index in [1.54, 1.807) is 6.07 Å². The zero-order valence-corrected chi connectivity index (χ0v) is 15.7. The summed E-state index contributed by atoms with van der Waals surface area (Å²) in [7, 11) is 0. The number of nitrogens with zero attached hydrogens (tertiary/aromatic N) is 2. The molecule has 1 aromatic carbocycles. The molecule has 138 valence electrons. The van der Waals surface area contributed by atoms with Crippen molar-refractivity contribution in [3.05, 3.63) is 52.8 Å². The van der Waals surface area contributed by atoms with Gasteiger partial charge in [0.2, 0.25) is 5.95 Å². The van der Waals surface area contributed by atoms with Crippen molar-refractivity contribution in [2.24, 2.45) is 0 Å². The third-order valence-corrected chi connectivity index (χ3v) is 4.85. The molecule has 1 aliphatic rings. The van der Waals surface area contributed by atoms with Gasteiger partial charge in [-0.25, -0.2) is 9.97 Å². The molecule has 26 heavy (non-hydrogen) atoms. The summed E-state index contributed by atoms with van der Waals surface area (Å²) in [5.74, 6) is 0.400. The van der Waals surface area contributed by atoms with Crippen molar-refractivity contribution in [3.63, 3.8) is 0 Å². The predicted molar refractivity (Wildman–Crippen MR) is 104 cm³/mol. The van der Waals surface area contributed by atoms with E-state index in [1.807, 2.05) is 31.2 Å². The Balaban J connectivity index is 1.63. The van der Waals surface area contributed by atoms with Gasteiger partial charge in [-0.05, 0) is 38.3 Å². The van der Waals surface area contributed by atoms with Gasteiger partial charge in [-0.1, -0.05) is 55.5 Å². The number of hydrogen-bond acceptors (Lipinski definition) is 4. The first-order chi connectivity index (χ1) is 12.6. The number of aromatic nitrogens is 2. The lowest BCUT2D eigenvalue weighted by Crippen LogP contribution is -2.26. The summed E-state index contributed by atoms with van der Waals surface area (Å²) in [6.45, 7) is 4.44. The van der Waals surface area contributed by atoms with E-state index in [0.717, 1.165) is 24.1 Å². The Morgan fingerprint density at radius 3 is 2.42 bits per heavy atom. The minimum atomic E-state index is -0.167. The average molecular weight is 352 g/mol. The number of rotatable bonds is 5. The van der Waals surface area contributed by atoms with Gasteiger partial charge in [0, 0.05) is 18.3 Å². The van der Waals surface area contributed by atoms with Crippen LogP contribution in [-0.4, -0.2) is 21.9 Å². The highest BCUT2D eigenvalue weighted by atomic mass is 16.1. The largest absolute Gasteiger partial charge is 0.351 e. The normalized spacial score (nSPS) is 15.3. The summed E-state index contributed by atoms with van der Waals surface area (Å²) in [4.78, 5) is 21.4. The number of hydrogen-bond donors (Lipinski definition) is 2. The molecule has 1 amide bonds. The van der Waals surface area contributed by atoms with Crippen molar-refractivity contribution in [1.82, 2.24) is 15.3 Å². The van der Waals surface area contributed by atoms with Gasteiger partial charge in [0.05, 0.1) is 0 Å². The van der Waals surface area contributed by atoms with Crippen LogP contribution in [0.4, 0.5) is 5.95 Å². The van der Waals surface area contributed by atoms with Crippen LogP contribution in [0.25, 0.3) is 0 Å². The standard InChI is InChI=1S/C21H28N4O/c1-15-9-11-17(12-10-15)14-22-20(26)19-13-16(2)23-21(25-19)24-18-7-5-3-4-6-8-18/h9-13,18H,3-8,14H2,1-2H3,(H,22,26)(H,23,24,25). The number of amides is 1. The van der Waals surface area contributed by atoms with Crippen LogP contribution >= 0.6 is 0 Å². The summed E-state index contributed by atoms with van der Waals surface area (Å²) in [5, 5.41) is 6.38.